The quantitative estimate of drug-likeness (QED) is 0.650. The molecule has 0 bridgehead atoms. The fourth-order valence-electron chi connectivity index (χ4n) is 4.26. The maximum Gasteiger partial charge on any atom is 0.338 e. The van der Waals surface area contributed by atoms with Crippen LogP contribution in [0, 0.1) is 0 Å². The molecule has 0 saturated carbocycles. The topological polar surface area (TPSA) is 73.2 Å². The van der Waals surface area contributed by atoms with Gasteiger partial charge in [0, 0.05) is 24.0 Å². The molecule has 7 heteroatoms. The fraction of sp³-hybridized carbons (Fsp3) is 0.348. The SMILES string of the molecule is COc1ccc2oc(=O)cc(N(Cc3ccc4c(c3)OCO4)C3CCNCC3)c2c1. The van der Waals surface area contributed by atoms with Crippen LogP contribution in [0.3, 0.4) is 0 Å². The summed E-state index contributed by atoms with van der Waals surface area (Å²) in [6.45, 7) is 2.80. The van der Waals surface area contributed by atoms with E-state index in [0.29, 0.717) is 18.2 Å². The van der Waals surface area contributed by atoms with E-state index in [4.69, 9.17) is 18.6 Å². The number of methoxy groups -OCH3 is 1. The molecule has 2 aliphatic rings. The van der Waals surface area contributed by atoms with Crippen molar-refractivity contribution in [3.8, 4) is 17.2 Å². The molecule has 0 aliphatic carbocycles. The Hall–Kier alpha value is -3.19. The number of rotatable bonds is 5. The number of nitrogens with zero attached hydrogens (tertiary/aromatic N) is 1. The molecule has 2 aliphatic heterocycles. The molecule has 1 saturated heterocycles. The summed E-state index contributed by atoms with van der Waals surface area (Å²) in [7, 11) is 1.64. The van der Waals surface area contributed by atoms with E-state index in [0.717, 1.165) is 59.8 Å². The summed E-state index contributed by atoms with van der Waals surface area (Å²) in [5.41, 5.74) is 2.17. The zero-order chi connectivity index (χ0) is 20.5. The highest BCUT2D eigenvalue weighted by atomic mass is 16.7. The molecule has 1 N–H and O–H groups in total. The van der Waals surface area contributed by atoms with Crippen LogP contribution in [0.1, 0.15) is 18.4 Å². The molecule has 5 rings (SSSR count). The van der Waals surface area contributed by atoms with Crippen LogP contribution in [0.5, 0.6) is 17.2 Å². The largest absolute Gasteiger partial charge is 0.497 e. The zero-order valence-electron chi connectivity index (χ0n) is 16.8. The van der Waals surface area contributed by atoms with Gasteiger partial charge in [-0.15, -0.1) is 0 Å². The Labute approximate surface area is 174 Å². The Balaban J connectivity index is 1.60. The molecule has 1 aromatic heterocycles. The maximum atomic E-state index is 12.4. The Kier molecular flexibility index (Phi) is 4.96. The van der Waals surface area contributed by atoms with Crippen molar-refractivity contribution >= 4 is 16.7 Å². The zero-order valence-corrected chi connectivity index (χ0v) is 16.8. The smallest absolute Gasteiger partial charge is 0.338 e. The lowest BCUT2D eigenvalue weighted by Gasteiger charge is -2.37. The molecule has 0 atom stereocenters. The minimum Gasteiger partial charge on any atom is -0.497 e. The lowest BCUT2D eigenvalue weighted by molar-refractivity contribution is 0.174. The molecular weight excluding hydrogens is 384 g/mol. The summed E-state index contributed by atoms with van der Waals surface area (Å²) in [5, 5.41) is 4.29. The first kappa shape index (κ1) is 18.8. The Bertz CT molecular complexity index is 1120. The molecule has 0 spiro atoms. The van der Waals surface area contributed by atoms with Gasteiger partial charge in [0.1, 0.15) is 11.3 Å². The van der Waals surface area contributed by atoms with E-state index in [1.54, 1.807) is 19.2 Å². The van der Waals surface area contributed by atoms with Gasteiger partial charge in [-0.2, -0.15) is 0 Å². The first-order valence-corrected chi connectivity index (χ1v) is 10.2. The summed E-state index contributed by atoms with van der Waals surface area (Å²) in [6, 6.07) is 13.4. The third-order valence-electron chi connectivity index (χ3n) is 5.78. The Morgan fingerprint density at radius 3 is 2.73 bits per heavy atom. The van der Waals surface area contributed by atoms with Crippen molar-refractivity contribution in [3.05, 3.63) is 58.4 Å². The summed E-state index contributed by atoms with van der Waals surface area (Å²) < 4.78 is 21.9. The second kappa shape index (κ2) is 7.91. The summed E-state index contributed by atoms with van der Waals surface area (Å²) in [5.74, 6) is 2.26. The summed E-state index contributed by atoms with van der Waals surface area (Å²) in [4.78, 5) is 14.7. The fourth-order valence-corrected chi connectivity index (χ4v) is 4.26. The number of anilines is 1. The van der Waals surface area contributed by atoms with Gasteiger partial charge in [0.15, 0.2) is 11.5 Å². The molecule has 3 heterocycles. The van der Waals surface area contributed by atoms with Gasteiger partial charge in [-0.1, -0.05) is 6.07 Å². The first-order chi connectivity index (χ1) is 14.7. The minimum atomic E-state index is -0.354. The van der Waals surface area contributed by atoms with E-state index >= 15 is 0 Å². The van der Waals surface area contributed by atoms with Crippen molar-refractivity contribution in [2.45, 2.75) is 25.4 Å². The predicted octanol–water partition coefficient (Wildman–Crippen LogP) is 3.29. The second-order valence-electron chi connectivity index (χ2n) is 7.61. The molecule has 7 nitrogen and oxygen atoms in total. The lowest BCUT2D eigenvalue weighted by atomic mass is 10.0. The highest BCUT2D eigenvalue weighted by Gasteiger charge is 2.25. The van der Waals surface area contributed by atoms with Gasteiger partial charge in [0.05, 0.1) is 12.8 Å². The number of piperidine rings is 1. The molecular formula is C23H24N2O5. The van der Waals surface area contributed by atoms with Crippen LogP contribution >= 0.6 is 0 Å². The Morgan fingerprint density at radius 1 is 1.07 bits per heavy atom. The highest BCUT2D eigenvalue weighted by Crippen LogP contribution is 2.36. The number of benzene rings is 2. The Morgan fingerprint density at radius 2 is 1.90 bits per heavy atom. The van der Waals surface area contributed by atoms with E-state index in [2.05, 4.69) is 16.3 Å². The molecule has 156 valence electrons. The van der Waals surface area contributed by atoms with Gasteiger partial charge in [-0.3, -0.25) is 0 Å². The molecule has 30 heavy (non-hydrogen) atoms. The van der Waals surface area contributed by atoms with Gasteiger partial charge in [0.25, 0.3) is 0 Å². The third kappa shape index (κ3) is 3.57. The van der Waals surface area contributed by atoms with Crippen LogP contribution in [0.25, 0.3) is 11.0 Å². The van der Waals surface area contributed by atoms with E-state index in [1.165, 1.54) is 0 Å². The van der Waals surface area contributed by atoms with E-state index in [1.807, 2.05) is 24.3 Å². The molecule has 0 unspecified atom stereocenters. The molecule has 3 aromatic rings. The van der Waals surface area contributed by atoms with Gasteiger partial charge in [-0.05, 0) is 61.8 Å². The van der Waals surface area contributed by atoms with Crippen molar-refractivity contribution in [2.24, 2.45) is 0 Å². The van der Waals surface area contributed by atoms with Crippen molar-refractivity contribution in [1.29, 1.82) is 0 Å². The van der Waals surface area contributed by atoms with Gasteiger partial charge in [-0.25, -0.2) is 4.79 Å². The summed E-state index contributed by atoms with van der Waals surface area (Å²) in [6.07, 6.45) is 1.99. The number of ether oxygens (including phenoxy) is 3. The molecule has 1 fully saturated rings. The van der Waals surface area contributed by atoms with Gasteiger partial charge >= 0.3 is 5.63 Å². The highest BCUT2D eigenvalue weighted by molar-refractivity contribution is 5.91. The first-order valence-electron chi connectivity index (χ1n) is 10.2. The van der Waals surface area contributed by atoms with Crippen molar-refractivity contribution in [1.82, 2.24) is 5.32 Å². The standard InChI is InChI=1S/C23H24N2O5/c1-27-17-3-5-20-18(11-17)19(12-23(26)30-20)25(16-6-8-24-9-7-16)13-15-2-4-21-22(10-15)29-14-28-21/h2-5,10-12,16,24H,6-9,13-14H2,1H3. The van der Waals surface area contributed by atoms with Crippen molar-refractivity contribution in [3.63, 3.8) is 0 Å². The molecule has 0 radical (unpaired) electrons. The number of nitrogens with one attached hydrogen (secondary N) is 1. The van der Waals surface area contributed by atoms with Gasteiger partial charge < -0.3 is 28.8 Å². The normalized spacial score (nSPS) is 16.0. The second-order valence-corrected chi connectivity index (χ2v) is 7.61. The van der Waals surface area contributed by atoms with Crippen molar-refractivity contribution in [2.75, 3.05) is 31.9 Å². The number of hydrogen-bond donors (Lipinski definition) is 1. The van der Waals surface area contributed by atoms with E-state index in [9.17, 15) is 4.79 Å². The van der Waals surface area contributed by atoms with Crippen LogP contribution in [0.15, 0.2) is 51.7 Å². The van der Waals surface area contributed by atoms with Crippen molar-refractivity contribution < 1.29 is 18.6 Å². The number of hydrogen-bond acceptors (Lipinski definition) is 7. The van der Waals surface area contributed by atoms with Crippen LogP contribution in [-0.4, -0.2) is 33.0 Å². The lowest BCUT2D eigenvalue weighted by Crippen LogP contribution is -2.43. The van der Waals surface area contributed by atoms with Crippen LogP contribution in [0.2, 0.25) is 0 Å². The molecule has 0 amide bonds. The maximum absolute atomic E-state index is 12.4. The minimum absolute atomic E-state index is 0.251. The van der Waals surface area contributed by atoms with Gasteiger partial charge in [0.2, 0.25) is 6.79 Å². The number of fused-ring (bicyclic) bond motifs is 2. The molecule has 2 aromatic carbocycles. The average Bonchev–Trinajstić information content (AvgIpc) is 3.25. The third-order valence-corrected chi connectivity index (χ3v) is 5.78. The van der Waals surface area contributed by atoms with E-state index in [-0.39, 0.29) is 12.4 Å². The van der Waals surface area contributed by atoms with Crippen LogP contribution in [0.4, 0.5) is 5.69 Å². The summed E-state index contributed by atoms with van der Waals surface area (Å²) >= 11 is 0. The monoisotopic (exact) mass is 408 g/mol. The average molecular weight is 408 g/mol. The predicted molar refractivity (Wildman–Crippen MR) is 114 cm³/mol. The van der Waals surface area contributed by atoms with Crippen LogP contribution < -0.4 is 30.1 Å². The van der Waals surface area contributed by atoms with Crippen LogP contribution in [-0.2, 0) is 6.54 Å². The van der Waals surface area contributed by atoms with E-state index < -0.39 is 0 Å².